The molecular weight excluding hydrogens is 248 g/mol. The van der Waals surface area contributed by atoms with E-state index in [0.29, 0.717) is 12.5 Å². The van der Waals surface area contributed by atoms with Gasteiger partial charge in [0.25, 0.3) is 0 Å². The van der Waals surface area contributed by atoms with Gasteiger partial charge in [-0.05, 0) is 17.7 Å². The standard InChI is InChI=1S/C17H20N2O/c18-16-7-4-8-17(11-16)20-10-9-19-12-15(13-19)14-5-2-1-3-6-14/h1-8,11,15H,9-10,12-13,18H2. The first-order valence-electron chi connectivity index (χ1n) is 7.07. The van der Waals surface area contributed by atoms with Crippen molar-refractivity contribution in [1.82, 2.24) is 4.90 Å². The average molecular weight is 268 g/mol. The van der Waals surface area contributed by atoms with E-state index in [1.807, 2.05) is 24.3 Å². The molecule has 1 fully saturated rings. The quantitative estimate of drug-likeness (QED) is 0.847. The maximum absolute atomic E-state index is 5.72. The smallest absolute Gasteiger partial charge is 0.121 e. The fraction of sp³-hybridized carbons (Fsp3) is 0.294. The van der Waals surface area contributed by atoms with E-state index in [9.17, 15) is 0 Å². The molecule has 0 aliphatic carbocycles. The maximum atomic E-state index is 5.72. The number of benzene rings is 2. The van der Waals surface area contributed by atoms with Crippen molar-refractivity contribution in [3.8, 4) is 5.75 Å². The van der Waals surface area contributed by atoms with Crippen molar-refractivity contribution in [3.05, 3.63) is 60.2 Å². The number of nitrogen functional groups attached to an aromatic ring is 1. The van der Waals surface area contributed by atoms with Crippen molar-refractivity contribution in [3.63, 3.8) is 0 Å². The van der Waals surface area contributed by atoms with Crippen LogP contribution in [0.4, 0.5) is 5.69 Å². The summed E-state index contributed by atoms with van der Waals surface area (Å²) in [5, 5.41) is 0. The Hall–Kier alpha value is -2.00. The van der Waals surface area contributed by atoms with Gasteiger partial charge in [-0.2, -0.15) is 0 Å². The zero-order valence-electron chi connectivity index (χ0n) is 11.5. The van der Waals surface area contributed by atoms with Crippen LogP contribution in [-0.2, 0) is 0 Å². The third kappa shape index (κ3) is 3.11. The molecule has 104 valence electrons. The molecule has 1 heterocycles. The third-order valence-electron chi connectivity index (χ3n) is 3.76. The van der Waals surface area contributed by atoms with E-state index in [0.717, 1.165) is 31.1 Å². The Kier molecular flexibility index (Phi) is 3.88. The van der Waals surface area contributed by atoms with Crippen LogP contribution in [0, 0.1) is 0 Å². The van der Waals surface area contributed by atoms with E-state index in [-0.39, 0.29) is 0 Å². The van der Waals surface area contributed by atoms with Crippen molar-refractivity contribution in [2.75, 3.05) is 32.0 Å². The van der Waals surface area contributed by atoms with Gasteiger partial charge in [0.1, 0.15) is 12.4 Å². The average Bonchev–Trinajstić information content (AvgIpc) is 2.42. The van der Waals surface area contributed by atoms with E-state index < -0.39 is 0 Å². The van der Waals surface area contributed by atoms with Crippen LogP contribution >= 0.6 is 0 Å². The van der Waals surface area contributed by atoms with Crippen LogP contribution in [0.1, 0.15) is 11.5 Å². The van der Waals surface area contributed by atoms with Crippen LogP contribution in [0.15, 0.2) is 54.6 Å². The summed E-state index contributed by atoms with van der Waals surface area (Å²) in [6.45, 7) is 3.94. The van der Waals surface area contributed by atoms with Crippen LogP contribution in [0.3, 0.4) is 0 Å². The summed E-state index contributed by atoms with van der Waals surface area (Å²) in [4.78, 5) is 2.42. The minimum atomic E-state index is 0.684. The van der Waals surface area contributed by atoms with Gasteiger partial charge in [0.2, 0.25) is 0 Å². The lowest BCUT2D eigenvalue weighted by molar-refractivity contribution is 0.122. The molecule has 2 aromatic carbocycles. The lowest BCUT2D eigenvalue weighted by atomic mass is 9.92. The van der Waals surface area contributed by atoms with Crippen LogP contribution in [-0.4, -0.2) is 31.1 Å². The Morgan fingerprint density at radius 1 is 1.05 bits per heavy atom. The van der Waals surface area contributed by atoms with Crippen LogP contribution in [0.25, 0.3) is 0 Å². The highest BCUT2D eigenvalue weighted by atomic mass is 16.5. The lowest BCUT2D eigenvalue weighted by Crippen LogP contribution is -2.46. The van der Waals surface area contributed by atoms with Gasteiger partial charge in [-0.25, -0.2) is 0 Å². The molecule has 3 rings (SSSR count). The largest absolute Gasteiger partial charge is 0.492 e. The highest BCUT2D eigenvalue weighted by Crippen LogP contribution is 2.26. The van der Waals surface area contributed by atoms with Gasteiger partial charge < -0.3 is 10.5 Å². The molecule has 0 saturated carbocycles. The van der Waals surface area contributed by atoms with Gasteiger partial charge in [0.15, 0.2) is 0 Å². The van der Waals surface area contributed by atoms with Crippen molar-refractivity contribution in [2.24, 2.45) is 0 Å². The first-order chi connectivity index (χ1) is 9.81. The second-order valence-electron chi connectivity index (χ2n) is 5.29. The van der Waals surface area contributed by atoms with E-state index in [4.69, 9.17) is 10.5 Å². The molecule has 0 radical (unpaired) electrons. The summed E-state index contributed by atoms with van der Waals surface area (Å²) >= 11 is 0. The Bertz CT molecular complexity index is 550. The molecule has 0 aromatic heterocycles. The van der Waals surface area contributed by atoms with Gasteiger partial charge >= 0.3 is 0 Å². The zero-order valence-corrected chi connectivity index (χ0v) is 11.5. The van der Waals surface area contributed by atoms with Crippen LogP contribution in [0.5, 0.6) is 5.75 Å². The topological polar surface area (TPSA) is 38.5 Å². The molecular formula is C17H20N2O. The fourth-order valence-electron chi connectivity index (χ4n) is 2.59. The van der Waals surface area contributed by atoms with Crippen molar-refractivity contribution >= 4 is 5.69 Å². The van der Waals surface area contributed by atoms with E-state index in [2.05, 4.69) is 35.2 Å². The monoisotopic (exact) mass is 268 g/mol. The predicted octanol–water partition coefficient (Wildman–Crippen LogP) is 2.75. The summed E-state index contributed by atoms with van der Waals surface area (Å²) in [7, 11) is 0. The Morgan fingerprint density at radius 3 is 2.60 bits per heavy atom. The van der Waals surface area contributed by atoms with Gasteiger partial charge in [0.05, 0.1) is 0 Å². The molecule has 0 bridgehead atoms. The number of hydrogen-bond donors (Lipinski definition) is 1. The Balaban J connectivity index is 1.39. The summed E-state index contributed by atoms with van der Waals surface area (Å²) in [6.07, 6.45) is 0. The first kappa shape index (κ1) is 13.0. The number of rotatable bonds is 5. The first-order valence-corrected chi connectivity index (χ1v) is 7.07. The second kappa shape index (κ2) is 5.97. The number of anilines is 1. The SMILES string of the molecule is Nc1cccc(OCCN2CC(c3ccccc3)C2)c1. The van der Waals surface area contributed by atoms with Crippen molar-refractivity contribution < 1.29 is 4.74 Å². The van der Waals surface area contributed by atoms with Crippen LogP contribution < -0.4 is 10.5 Å². The highest BCUT2D eigenvalue weighted by molar-refractivity contribution is 5.43. The van der Waals surface area contributed by atoms with E-state index >= 15 is 0 Å². The molecule has 0 spiro atoms. The van der Waals surface area contributed by atoms with E-state index in [1.165, 1.54) is 5.56 Å². The normalized spacial score (nSPS) is 15.8. The fourth-order valence-corrected chi connectivity index (χ4v) is 2.59. The molecule has 1 saturated heterocycles. The zero-order chi connectivity index (χ0) is 13.8. The highest BCUT2D eigenvalue weighted by Gasteiger charge is 2.27. The predicted molar refractivity (Wildman–Crippen MR) is 82.0 cm³/mol. The molecule has 2 aromatic rings. The lowest BCUT2D eigenvalue weighted by Gasteiger charge is -2.39. The van der Waals surface area contributed by atoms with Gasteiger partial charge in [0, 0.05) is 37.3 Å². The number of nitrogens with two attached hydrogens (primary N) is 1. The second-order valence-corrected chi connectivity index (χ2v) is 5.29. The minimum absolute atomic E-state index is 0.684. The van der Waals surface area contributed by atoms with Crippen LogP contribution in [0.2, 0.25) is 0 Å². The summed E-state index contributed by atoms with van der Waals surface area (Å²) < 4.78 is 5.71. The molecule has 2 N–H and O–H groups in total. The Labute approximate surface area is 120 Å². The maximum Gasteiger partial charge on any atom is 0.121 e. The molecule has 0 unspecified atom stereocenters. The molecule has 0 amide bonds. The molecule has 20 heavy (non-hydrogen) atoms. The van der Waals surface area contributed by atoms with Gasteiger partial charge in [-0.3, -0.25) is 4.90 Å². The van der Waals surface area contributed by atoms with E-state index in [1.54, 1.807) is 0 Å². The Morgan fingerprint density at radius 2 is 1.85 bits per heavy atom. The summed E-state index contributed by atoms with van der Waals surface area (Å²) in [6, 6.07) is 18.3. The number of likely N-dealkylation sites (tertiary alicyclic amines) is 1. The third-order valence-corrected chi connectivity index (χ3v) is 3.76. The van der Waals surface area contributed by atoms with Gasteiger partial charge in [-0.1, -0.05) is 36.4 Å². The molecule has 3 nitrogen and oxygen atoms in total. The molecule has 3 heteroatoms. The minimum Gasteiger partial charge on any atom is -0.492 e. The molecule has 1 aliphatic rings. The van der Waals surface area contributed by atoms with Crippen molar-refractivity contribution in [2.45, 2.75) is 5.92 Å². The number of ether oxygens (including phenoxy) is 1. The summed E-state index contributed by atoms with van der Waals surface area (Å²) in [5.74, 6) is 1.54. The number of hydrogen-bond acceptors (Lipinski definition) is 3. The van der Waals surface area contributed by atoms with Gasteiger partial charge in [-0.15, -0.1) is 0 Å². The molecule has 0 atom stereocenters. The summed E-state index contributed by atoms with van der Waals surface area (Å²) in [5.41, 5.74) is 7.91. The number of nitrogens with zero attached hydrogens (tertiary/aromatic N) is 1. The molecule has 1 aliphatic heterocycles. The van der Waals surface area contributed by atoms with Crippen molar-refractivity contribution in [1.29, 1.82) is 0 Å².